The van der Waals surface area contributed by atoms with Crippen LogP contribution in [0.3, 0.4) is 0 Å². The zero-order chi connectivity index (χ0) is 12.7. The van der Waals surface area contributed by atoms with E-state index < -0.39 is 0 Å². The molecule has 1 N–H and O–H groups in total. The molecule has 0 unspecified atom stereocenters. The maximum Gasteiger partial charge on any atom is 0.306 e. The highest BCUT2D eigenvalue weighted by atomic mass is 79.9. The topological polar surface area (TPSA) is 55.4 Å². The van der Waals surface area contributed by atoms with E-state index in [-0.39, 0.29) is 24.7 Å². The Morgan fingerprint density at radius 2 is 2.12 bits per heavy atom. The van der Waals surface area contributed by atoms with Gasteiger partial charge in [-0.05, 0) is 25.1 Å². The lowest BCUT2D eigenvalue weighted by Gasteiger charge is -2.05. The van der Waals surface area contributed by atoms with Crippen LogP contribution in [0.4, 0.5) is 5.69 Å². The lowest BCUT2D eigenvalue weighted by molar-refractivity contribution is -0.144. The number of carbonyl (C=O) groups excluding carboxylic acids is 2. The highest BCUT2D eigenvalue weighted by Gasteiger charge is 2.07. The molecule has 0 saturated carbocycles. The highest BCUT2D eigenvalue weighted by Crippen LogP contribution is 2.15. The second-order valence-electron chi connectivity index (χ2n) is 3.36. The van der Waals surface area contributed by atoms with Crippen LogP contribution in [0.2, 0.25) is 0 Å². The summed E-state index contributed by atoms with van der Waals surface area (Å²) in [7, 11) is 0. The Hall–Kier alpha value is -1.36. The highest BCUT2D eigenvalue weighted by molar-refractivity contribution is 9.10. The minimum atomic E-state index is -0.350. The Kier molecular flexibility index (Phi) is 5.69. The number of hydrogen-bond acceptors (Lipinski definition) is 3. The Morgan fingerprint density at radius 1 is 1.35 bits per heavy atom. The van der Waals surface area contributed by atoms with Gasteiger partial charge < -0.3 is 10.1 Å². The molecule has 0 radical (unpaired) electrons. The number of amides is 1. The van der Waals surface area contributed by atoms with E-state index in [1.54, 1.807) is 19.1 Å². The van der Waals surface area contributed by atoms with Crippen molar-refractivity contribution < 1.29 is 14.3 Å². The second-order valence-corrected chi connectivity index (χ2v) is 4.28. The maximum absolute atomic E-state index is 11.5. The molecule has 17 heavy (non-hydrogen) atoms. The van der Waals surface area contributed by atoms with Gasteiger partial charge in [0.2, 0.25) is 5.91 Å². The number of halogens is 1. The summed E-state index contributed by atoms with van der Waals surface area (Å²) < 4.78 is 5.62. The van der Waals surface area contributed by atoms with E-state index in [0.29, 0.717) is 12.3 Å². The molecule has 1 amide bonds. The smallest absolute Gasteiger partial charge is 0.306 e. The molecule has 0 aliphatic carbocycles. The van der Waals surface area contributed by atoms with Gasteiger partial charge in [-0.25, -0.2) is 0 Å². The lowest BCUT2D eigenvalue weighted by atomic mass is 10.2. The van der Waals surface area contributed by atoms with Crippen LogP contribution in [0.15, 0.2) is 28.7 Å². The van der Waals surface area contributed by atoms with Crippen molar-refractivity contribution in [2.75, 3.05) is 11.9 Å². The summed E-state index contributed by atoms with van der Waals surface area (Å²) in [5.74, 6) is -0.548. The van der Waals surface area contributed by atoms with Gasteiger partial charge in [0.15, 0.2) is 0 Å². The first-order valence-electron chi connectivity index (χ1n) is 5.33. The minimum Gasteiger partial charge on any atom is -0.466 e. The number of nitrogens with one attached hydrogen (secondary N) is 1. The second kappa shape index (κ2) is 7.06. The van der Waals surface area contributed by atoms with Gasteiger partial charge in [-0.1, -0.05) is 22.0 Å². The summed E-state index contributed by atoms with van der Waals surface area (Å²) in [6.07, 6.45) is 0.235. The van der Waals surface area contributed by atoms with Gasteiger partial charge in [-0.2, -0.15) is 0 Å². The van der Waals surface area contributed by atoms with E-state index in [1.165, 1.54) is 0 Å². The Balaban J connectivity index is 2.37. The van der Waals surface area contributed by atoms with Crippen LogP contribution in [0.1, 0.15) is 19.8 Å². The summed E-state index contributed by atoms with van der Waals surface area (Å²) in [5.41, 5.74) is 0.702. The lowest BCUT2D eigenvalue weighted by Crippen LogP contribution is -2.14. The van der Waals surface area contributed by atoms with Crippen LogP contribution in [-0.2, 0) is 14.3 Å². The molecule has 4 nitrogen and oxygen atoms in total. The van der Waals surface area contributed by atoms with Crippen LogP contribution in [0, 0.1) is 0 Å². The first kappa shape index (κ1) is 13.7. The minimum absolute atomic E-state index is 0.105. The predicted molar refractivity (Wildman–Crippen MR) is 68.6 cm³/mol. The molecule has 0 fully saturated rings. The third-order valence-electron chi connectivity index (χ3n) is 1.97. The number of carbonyl (C=O) groups is 2. The van der Waals surface area contributed by atoms with Gasteiger partial charge in [-0.3, -0.25) is 9.59 Å². The summed E-state index contributed by atoms with van der Waals surface area (Å²) >= 11 is 3.31. The fraction of sp³-hybridized carbons (Fsp3) is 0.333. The summed E-state index contributed by atoms with van der Waals surface area (Å²) in [4.78, 5) is 22.5. The SMILES string of the molecule is CCOC(=O)CCC(=O)Nc1cccc(Br)c1. The van der Waals surface area contributed by atoms with Crippen molar-refractivity contribution >= 4 is 33.5 Å². The van der Waals surface area contributed by atoms with Crippen LogP contribution in [0.25, 0.3) is 0 Å². The van der Waals surface area contributed by atoms with Gasteiger partial charge in [0.25, 0.3) is 0 Å². The molecule has 0 bridgehead atoms. The number of benzene rings is 1. The molecule has 5 heteroatoms. The Bertz CT molecular complexity index is 406. The average Bonchev–Trinajstić information content (AvgIpc) is 2.27. The maximum atomic E-state index is 11.5. The first-order chi connectivity index (χ1) is 8.11. The number of ether oxygens (including phenoxy) is 1. The fourth-order valence-corrected chi connectivity index (χ4v) is 1.64. The Labute approximate surface area is 108 Å². The Morgan fingerprint density at radius 3 is 2.76 bits per heavy atom. The van der Waals surface area contributed by atoms with E-state index in [2.05, 4.69) is 21.2 Å². The first-order valence-corrected chi connectivity index (χ1v) is 6.12. The molecule has 0 spiro atoms. The largest absolute Gasteiger partial charge is 0.466 e. The van der Waals surface area contributed by atoms with Gasteiger partial charge in [0.1, 0.15) is 0 Å². The van der Waals surface area contributed by atoms with Gasteiger partial charge in [-0.15, -0.1) is 0 Å². The van der Waals surface area contributed by atoms with Crippen molar-refractivity contribution in [3.05, 3.63) is 28.7 Å². The van der Waals surface area contributed by atoms with Gasteiger partial charge in [0, 0.05) is 16.6 Å². The predicted octanol–water partition coefficient (Wildman–Crippen LogP) is 2.73. The van der Waals surface area contributed by atoms with E-state index in [4.69, 9.17) is 4.74 Å². The molecule has 1 rings (SSSR count). The molecule has 0 aromatic heterocycles. The van der Waals surface area contributed by atoms with Gasteiger partial charge in [0.05, 0.1) is 13.0 Å². The standard InChI is InChI=1S/C12H14BrNO3/c1-2-17-12(16)7-6-11(15)14-10-5-3-4-9(13)8-10/h3-5,8H,2,6-7H2,1H3,(H,14,15). The monoisotopic (exact) mass is 299 g/mol. The molecule has 1 aromatic carbocycles. The third kappa shape index (κ3) is 5.49. The van der Waals surface area contributed by atoms with Crippen molar-refractivity contribution in [1.82, 2.24) is 0 Å². The summed E-state index contributed by atoms with van der Waals surface area (Å²) in [6, 6.07) is 7.27. The molecule has 0 saturated heterocycles. The van der Waals surface area contributed by atoms with Crippen LogP contribution < -0.4 is 5.32 Å². The van der Waals surface area contributed by atoms with Crippen LogP contribution >= 0.6 is 15.9 Å². The summed E-state index contributed by atoms with van der Waals surface area (Å²) in [5, 5.41) is 2.70. The zero-order valence-corrected chi connectivity index (χ0v) is 11.1. The van der Waals surface area contributed by atoms with E-state index >= 15 is 0 Å². The van der Waals surface area contributed by atoms with Gasteiger partial charge >= 0.3 is 5.97 Å². The molecule has 92 valence electrons. The average molecular weight is 300 g/mol. The number of anilines is 1. The quantitative estimate of drug-likeness (QED) is 0.851. The normalized spacial score (nSPS) is 9.76. The molecule has 0 aliphatic heterocycles. The molecule has 0 atom stereocenters. The van der Waals surface area contributed by atoms with E-state index in [9.17, 15) is 9.59 Å². The van der Waals surface area contributed by atoms with Crippen molar-refractivity contribution in [2.24, 2.45) is 0 Å². The summed E-state index contributed by atoms with van der Waals surface area (Å²) in [6.45, 7) is 2.07. The fourth-order valence-electron chi connectivity index (χ4n) is 1.24. The number of hydrogen-bond donors (Lipinski definition) is 1. The molecular weight excluding hydrogens is 286 g/mol. The molecular formula is C12H14BrNO3. The van der Waals surface area contributed by atoms with Crippen molar-refractivity contribution in [1.29, 1.82) is 0 Å². The van der Waals surface area contributed by atoms with E-state index in [1.807, 2.05) is 12.1 Å². The van der Waals surface area contributed by atoms with Crippen LogP contribution in [0.5, 0.6) is 0 Å². The zero-order valence-electron chi connectivity index (χ0n) is 9.53. The van der Waals surface area contributed by atoms with Crippen molar-refractivity contribution in [2.45, 2.75) is 19.8 Å². The van der Waals surface area contributed by atoms with E-state index in [0.717, 1.165) is 4.47 Å². The van der Waals surface area contributed by atoms with Crippen molar-refractivity contribution in [3.8, 4) is 0 Å². The number of rotatable bonds is 5. The molecule has 0 aliphatic rings. The molecule has 1 aromatic rings. The van der Waals surface area contributed by atoms with Crippen molar-refractivity contribution in [3.63, 3.8) is 0 Å². The molecule has 0 heterocycles. The van der Waals surface area contributed by atoms with Crippen LogP contribution in [-0.4, -0.2) is 18.5 Å². The number of esters is 1. The third-order valence-corrected chi connectivity index (χ3v) is 2.46.